The summed E-state index contributed by atoms with van der Waals surface area (Å²) in [6.07, 6.45) is 3.66. The molecule has 0 bridgehead atoms. The Hall–Kier alpha value is -4.46. The van der Waals surface area contributed by atoms with Gasteiger partial charge in [0.25, 0.3) is 5.91 Å². The molecule has 0 N–H and O–H groups in total. The Bertz CT molecular complexity index is 1510. The number of hydrogen-bond donors (Lipinski definition) is 0. The van der Waals surface area contributed by atoms with E-state index in [1.165, 1.54) is 7.11 Å². The first-order valence-corrected chi connectivity index (χ1v) is 12.1. The number of methoxy groups -OCH3 is 1. The lowest BCUT2D eigenvalue weighted by molar-refractivity contribution is 0.0774. The zero-order valence-corrected chi connectivity index (χ0v) is 20.4. The number of aliphatic imine (C=N–C) groups is 1. The second-order valence-corrected chi connectivity index (χ2v) is 9.25. The first kappa shape index (κ1) is 23.0. The predicted octanol–water partition coefficient (Wildman–Crippen LogP) is 4.51. The lowest BCUT2D eigenvalue weighted by atomic mass is 9.81. The number of carbonyl (C=O) groups excluding carboxylic acids is 3. The number of fused-ring (bicyclic) bond motifs is 4. The normalized spacial score (nSPS) is 17.5. The molecule has 0 saturated carbocycles. The maximum absolute atomic E-state index is 13.3. The van der Waals surface area contributed by atoms with E-state index in [-0.39, 0.29) is 41.6 Å². The van der Waals surface area contributed by atoms with Crippen molar-refractivity contribution in [3.05, 3.63) is 81.9 Å². The Morgan fingerprint density at radius 1 is 0.892 bits per heavy atom. The smallest absolute Gasteiger partial charge is 0.256 e. The molecule has 3 aromatic carbocycles. The van der Waals surface area contributed by atoms with E-state index >= 15 is 0 Å². The summed E-state index contributed by atoms with van der Waals surface area (Å²) in [4.78, 5) is 45.9. The van der Waals surface area contributed by atoms with Crippen LogP contribution in [-0.2, 0) is 0 Å². The van der Waals surface area contributed by atoms with Crippen LogP contribution in [0.4, 0.5) is 5.69 Å². The summed E-state index contributed by atoms with van der Waals surface area (Å²) in [5.74, 6) is 0.433. The monoisotopic (exact) mass is 496 g/mol. The molecule has 8 nitrogen and oxygen atoms in total. The lowest BCUT2D eigenvalue weighted by Gasteiger charge is -2.22. The summed E-state index contributed by atoms with van der Waals surface area (Å²) in [5.41, 5.74) is 2.98. The molecule has 1 saturated heterocycles. The van der Waals surface area contributed by atoms with Gasteiger partial charge in [0.1, 0.15) is 5.75 Å². The van der Waals surface area contributed by atoms with Crippen molar-refractivity contribution in [3.63, 3.8) is 0 Å². The fourth-order valence-corrected chi connectivity index (χ4v) is 5.25. The highest BCUT2D eigenvalue weighted by Crippen LogP contribution is 2.39. The van der Waals surface area contributed by atoms with Crippen LogP contribution in [0.15, 0.2) is 53.5 Å². The van der Waals surface area contributed by atoms with Crippen molar-refractivity contribution in [1.82, 2.24) is 4.90 Å². The third-order valence-corrected chi connectivity index (χ3v) is 7.13. The molecule has 1 amide bonds. The van der Waals surface area contributed by atoms with E-state index < -0.39 is 0 Å². The van der Waals surface area contributed by atoms with Crippen molar-refractivity contribution < 1.29 is 28.6 Å². The Balaban J connectivity index is 1.28. The first-order valence-electron chi connectivity index (χ1n) is 12.1. The second-order valence-electron chi connectivity index (χ2n) is 9.25. The molecule has 1 atom stereocenters. The van der Waals surface area contributed by atoms with Gasteiger partial charge in [-0.05, 0) is 37.5 Å². The Kier molecular flexibility index (Phi) is 5.52. The van der Waals surface area contributed by atoms with Gasteiger partial charge in [-0.3, -0.25) is 19.4 Å². The third-order valence-electron chi connectivity index (χ3n) is 7.13. The standard InChI is InChI=1S/C29H24N2O6/c1-16-9-10-22(26-25(16)27(32)18-7-3-4-8-19(18)28(26)33)36-15-37-24-13-21-20(12-23(24)35-2)29(34)31-11-5-6-17(31)14-30-21/h3-4,7-10,12-14,17H,5-6,11,15H2,1-2H3/t17-/m0/s1. The second kappa shape index (κ2) is 8.89. The quantitative estimate of drug-likeness (QED) is 0.377. The van der Waals surface area contributed by atoms with Gasteiger partial charge < -0.3 is 19.1 Å². The first-order chi connectivity index (χ1) is 18.0. The summed E-state index contributed by atoms with van der Waals surface area (Å²) in [5, 5.41) is 0. The van der Waals surface area contributed by atoms with Crippen LogP contribution in [0.3, 0.4) is 0 Å². The van der Waals surface area contributed by atoms with Crippen molar-refractivity contribution in [1.29, 1.82) is 0 Å². The van der Waals surface area contributed by atoms with Crippen molar-refractivity contribution in [2.75, 3.05) is 20.4 Å². The lowest BCUT2D eigenvalue weighted by Crippen LogP contribution is -2.35. The molecule has 0 aromatic heterocycles. The van der Waals surface area contributed by atoms with Gasteiger partial charge in [-0.15, -0.1) is 0 Å². The molecular weight excluding hydrogens is 472 g/mol. The summed E-state index contributed by atoms with van der Waals surface area (Å²) in [6, 6.07) is 13.5. The highest BCUT2D eigenvalue weighted by atomic mass is 16.7. The molecule has 0 radical (unpaired) electrons. The van der Waals surface area contributed by atoms with Crippen LogP contribution in [0.2, 0.25) is 0 Å². The van der Waals surface area contributed by atoms with Crippen molar-refractivity contribution in [3.8, 4) is 17.2 Å². The van der Waals surface area contributed by atoms with E-state index in [2.05, 4.69) is 4.99 Å². The Morgan fingerprint density at radius 2 is 1.62 bits per heavy atom. The average Bonchev–Trinajstić information content (AvgIpc) is 3.35. The minimum absolute atomic E-state index is 0.00307. The molecule has 6 rings (SSSR count). The van der Waals surface area contributed by atoms with E-state index in [0.717, 1.165) is 12.8 Å². The summed E-state index contributed by atoms with van der Waals surface area (Å²) < 4.78 is 17.3. The van der Waals surface area contributed by atoms with Gasteiger partial charge in [-0.1, -0.05) is 30.3 Å². The van der Waals surface area contributed by atoms with Crippen LogP contribution in [0, 0.1) is 6.92 Å². The topological polar surface area (TPSA) is 94.5 Å². The fraction of sp³-hybridized carbons (Fsp3) is 0.241. The highest BCUT2D eigenvalue weighted by molar-refractivity contribution is 6.29. The van der Waals surface area contributed by atoms with Crippen molar-refractivity contribution in [2.24, 2.45) is 4.99 Å². The van der Waals surface area contributed by atoms with Gasteiger partial charge >= 0.3 is 0 Å². The molecule has 1 aliphatic carbocycles. The third kappa shape index (κ3) is 3.67. The molecule has 0 spiro atoms. The summed E-state index contributed by atoms with van der Waals surface area (Å²) in [6.45, 7) is 2.25. The number of amides is 1. The number of ether oxygens (including phenoxy) is 3. The minimum atomic E-state index is -0.264. The van der Waals surface area contributed by atoms with Crippen LogP contribution in [0.25, 0.3) is 0 Å². The van der Waals surface area contributed by atoms with E-state index in [0.29, 0.717) is 51.5 Å². The van der Waals surface area contributed by atoms with E-state index in [1.54, 1.807) is 55.5 Å². The molecule has 2 heterocycles. The maximum atomic E-state index is 13.3. The number of aryl methyl sites for hydroxylation is 1. The fourth-order valence-electron chi connectivity index (χ4n) is 5.25. The van der Waals surface area contributed by atoms with Crippen LogP contribution >= 0.6 is 0 Å². The van der Waals surface area contributed by atoms with E-state index in [9.17, 15) is 14.4 Å². The summed E-state index contributed by atoms with van der Waals surface area (Å²) >= 11 is 0. The van der Waals surface area contributed by atoms with Crippen LogP contribution in [0.1, 0.15) is 60.6 Å². The van der Waals surface area contributed by atoms with Gasteiger partial charge in [0.2, 0.25) is 6.79 Å². The number of nitrogens with zero attached hydrogens (tertiary/aromatic N) is 2. The van der Waals surface area contributed by atoms with E-state index in [4.69, 9.17) is 14.2 Å². The molecule has 3 aromatic rings. The SMILES string of the molecule is COc1cc2c(cc1OCOc1ccc(C)c3c1C(=O)c1ccccc1C3=O)N=C[C@@H]1CCCN1C2=O. The van der Waals surface area contributed by atoms with Crippen LogP contribution in [-0.4, -0.2) is 55.1 Å². The minimum Gasteiger partial charge on any atom is -0.493 e. The number of carbonyl (C=O) groups is 3. The molecule has 0 unspecified atom stereocenters. The van der Waals surface area contributed by atoms with Gasteiger partial charge in [-0.25, -0.2) is 0 Å². The number of benzene rings is 3. The number of rotatable bonds is 5. The van der Waals surface area contributed by atoms with Gasteiger partial charge in [-0.2, -0.15) is 0 Å². The van der Waals surface area contributed by atoms with Crippen molar-refractivity contribution in [2.45, 2.75) is 25.8 Å². The van der Waals surface area contributed by atoms with Crippen LogP contribution < -0.4 is 14.2 Å². The zero-order chi connectivity index (χ0) is 25.7. The van der Waals surface area contributed by atoms with Gasteiger partial charge in [0.15, 0.2) is 23.1 Å². The number of ketones is 2. The Labute approximate surface area is 213 Å². The van der Waals surface area contributed by atoms with Crippen molar-refractivity contribution >= 4 is 29.4 Å². The molecule has 1 fully saturated rings. The molecule has 186 valence electrons. The molecule has 8 heteroatoms. The number of hydrogen-bond acceptors (Lipinski definition) is 7. The predicted molar refractivity (Wildman–Crippen MR) is 136 cm³/mol. The van der Waals surface area contributed by atoms with Gasteiger partial charge in [0.05, 0.1) is 30.0 Å². The Morgan fingerprint density at radius 3 is 2.38 bits per heavy atom. The van der Waals surface area contributed by atoms with Crippen LogP contribution in [0.5, 0.6) is 17.2 Å². The maximum Gasteiger partial charge on any atom is 0.256 e. The van der Waals surface area contributed by atoms with Gasteiger partial charge in [0, 0.05) is 35.5 Å². The highest BCUT2D eigenvalue weighted by Gasteiger charge is 2.34. The average molecular weight is 497 g/mol. The largest absolute Gasteiger partial charge is 0.493 e. The molecular formula is C29H24N2O6. The zero-order valence-electron chi connectivity index (χ0n) is 20.4. The molecule has 37 heavy (non-hydrogen) atoms. The van der Waals surface area contributed by atoms with E-state index in [1.807, 2.05) is 11.1 Å². The molecule has 2 aliphatic heterocycles. The summed E-state index contributed by atoms with van der Waals surface area (Å²) in [7, 11) is 1.50. The molecule has 3 aliphatic rings.